The molecular formula is C8H15NO3. The summed E-state index contributed by atoms with van der Waals surface area (Å²) >= 11 is 0. The molecule has 1 atom stereocenters. The zero-order valence-electron chi connectivity index (χ0n) is 7.46. The second-order valence-corrected chi connectivity index (χ2v) is 2.77. The first-order chi connectivity index (χ1) is 5.56. The van der Waals surface area contributed by atoms with Crippen LogP contribution in [0.1, 0.15) is 33.1 Å². The Morgan fingerprint density at radius 3 is 2.42 bits per heavy atom. The van der Waals surface area contributed by atoms with E-state index in [0.717, 1.165) is 6.42 Å². The second-order valence-electron chi connectivity index (χ2n) is 2.77. The number of nitrogens with one attached hydrogen (secondary N) is 1. The lowest BCUT2D eigenvalue weighted by molar-refractivity contribution is -0.138. The minimum absolute atomic E-state index is 0.0691. The van der Waals surface area contributed by atoms with Gasteiger partial charge in [0.05, 0.1) is 6.42 Å². The molecule has 0 heterocycles. The molecule has 0 aliphatic heterocycles. The molecule has 0 aliphatic carbocycles. The van der Waals surface area contributed by atoms with Crippen LogP contribution in [0.3, 0.4) is 0 Å². The number of aliphatic carboxylic acids is 1. The highest BCUT2D eigenvalue weighted by molar-refractivity contribution is 5.80. The number of hydrogen-bond donors (Lipinski definition) is 2. The predicted octanol–water partition coefficient (Wildman–Crippen LogP) is 0.766. The fourth-order valence-electron chi connectivity index (χ4n) is 0.670. The van der Waals surface area contributed by atoms with Gasteiger partial charge in [0.15, 0.2) is 0 Å². The zero-order valence-corrected chi connectivity index (χ0v) is 7.46. The predicted molar refractivity (Wildman–Crippen MR) is 44.8 cm³/mol. The Morgan fingerprint density at radius 2 is 2.00 bits per heavy atom. The summed E-state index contributed by atoms with van der Waals surface area (Å²) in [6.07, 6.45) is 0.834. The molecule has 0 fully saturated rings. The molecule has 2 N–H and O–H groups in total. The summed E-state index contributed by atoms with van der Waals surface area (Å²) in [5, 5.41) is 11.0. The highest BCUT2D eigenvalue weighted by Crippen LogP contribution is 1.92. The third kappa shape index (κ3) is 5.70. The first-order valence-electron chi connectivity index (χ1n) is 4.07. The molecule has 0 rings (SSSR count). The molecular weight excluding hydrogens is 158 g/mol. The van der Waals surface area contributed by atoms with Crippen molar-refractivity contribution >= 4 is 11.9 Å². The molecule has 12 heavy (non-hydrogen) atoms. The quantitative estimate of drug-likeness (QED) is 0.645. The van der Waals surface area contributed by atoms with Gasteiger partial charge in [0, 0.05) is 12.5 Å². The molecule has 0 radical (unpaired) electrons. The Morgan fingerprint density at radius 1 is 1.42 bits per heavy atom. The number of amides is 1. The fraction of sp³-hybridized carbons (Fsp3) is 0.750. The van der Waals surface area contributed by atoms with Gasteiger partial charge in [0.1, 0.15) is 0 Å². The molecule has 1 amide bonds. The van der Waals surface area contributed by atoms with E-state index in [1.807, 2.05) is 13.8 Å². The van der Waals surface area contributed by atoms with Gasteiger partial charge in [0.25, 0.3) is 0 Å². The van der Waals surface area contributed by atoms with Gasteiger partial charge in [0.2, 0.25) is 5.91 Å². The van der Waals surface area contributed by atoms with Crippen molar-refractivity contribution in [1.82, 2.24) is 5.32 Å². The first kappa shape index (κ1) is 10.9. The Labute approximate surface area is 72.0 Å². The van der Waals surface area contributed by atoms with E-state index < -0.39 is 5.97 Å². The van der Waals surface area contributed by atoms with Gasteiger partial charge in [-0.25, -0.2) is 0 Å². The molecule has 0 saturated heterocycles. The first-order valence-corrected chi connectivity index (χ1v) is 4.07. The number of hydrogen-bond acceptors (Lipinski definition) is 2. The van der Waals surface area contributed by atoms with E-state index in [1.54, 1.807) is 0 Å². The van der Waals surface area contributed by atoms with Crippen LogP contribution in [-0.2, 0) is 9.59 Å². The van der Waals surface area contributed by atoms with Crippen LogP contribution in [0.15, 0.2) is 0 Å². The van der Waals surface area contributed by atoms with Gasteiger partial charge in [-0.15, -0.1) is 0 Å². The van der Waals surface area contributed by atoms with Gasteiger partial charge >= 0.3 is 5.97 Å². The van der Waals surface area contributed by atoms with Crippen LogP contribution in [-0.4, -0.2) is 23.0 Å². The average Bonchev–Trinajstić information content (AvgIpc) is 2.00. The number of carbonyl (C=O) groups excluding carboxylic acids is 1. The number of rotatable bonds is 5. The molecule has 4 heteroatoms. The Bertz CT molecular complexity index is 168. The summed E-state index contributed by atoms with van der Waals surface area (Å²) in [7, 11) is 0. The molecule has 0 aliphatic rings. The summed E-state index contributed by atoms with van der Waals surface area (Å²) in [4.78, 5) is 21.0. The van der Waals surface area contributed by atoms with Crippen LogP contribution in [0.25, 0.3) is 0 Å². The van der Waals surface area contributed by atoms with Gasteiger partial charge in [-0.05, 0) is 13.3 Å². The van der Waals surface area contributed by atoms with E-state index >= 15 is 0 Å². The van der Waals surface area contributed by atoms with Gasteiger partial charge in [-0.2, -0.15) is 0 Å². The van der Waals surface area contributed by atoms with Crippen molar-refractivity contribution in [3.05, 3.63) is 0 Å². The highest BCUT2D eigenvalue weighted by Gasteiger charge is 2.06. The molecule has 0 aromatic heterocycles. The minimum atomic E-state index is -0.936. The smallest absolute Gasteiger partial charge is 0.303 e. The van der Waals surface area contributed by atoms with Gasteiger partial charge < -0.3 is 10.4 Å². The lowest BCUT2D eigenvalue weighted by Gasteiger charge is -2.09. The second kappa shape index (κ2) is 5.57. The van der Waals surface area contributed by atoms with E-state index in [1.165, 1.54) is 0 Å². The fourth-order valence-corrected chi connectivity index (χ4v) is 0.670. The van der Waals surface area contributed by atoms with E-state index in [9.17, 15) is 9.59 Å². The molecule has 0 spiro atoms. The lowest BCUT2D eigenvalue weighted by Crippen LogP contribution is -2.32. The summed E-state index contributed by atoms with van der Waals surface area (Å²) in [6, 6.07) is 0.131. The molecule has 0 bridgehead atoms. The highest BCUT2D eigenvalue weighted by atomic mass is 16.4. The van der Waals surface area contributed by atoms with Gasteiger partial charge in [-0.3, -0.25) is 9.59 Å². The summed E-state index contributed by atoms with van der Waals surface area (Å²) in [5.74, 6) is -1.12. The molecule has 70 valence electrons. The standard InChI is InChI=1S/C8H15NO3/c1-3-6(2)9-7(10)4-5-8(11)12/h6H,3-5H2,1-2H3,(H,9,10)(H,11,12). The molecule has 0 aromatic carbocycles. The molecule has 4 nitrogen and oxygen atoms in total. The SMILES string of the molecule is CCC(C)NC(=O)CCC(=O)O. The summed E-state index contributed by atoms with van der Waals surface area (Å²) < 4.78 is 0. The van der Waals surface area contributed by atoms with Crippen molar-refractivity contribution in [2.75, 3.05) is 0 Å². The largest absolute Gasteiger partial charge is 0.481 e. The number of carboxylic acid groups (broad SMARTS) is 1. The van der Waals surface area contributed by atoms with Crippen molar-refractivity contribution in [3.8, 4) is 0 Å². The van der Waals surface area contributed by atoms with Crippen LogP contribution >= 0.6 is 0 Å². The monoisotopic (exact) mass is 173 g/mol. The van der Waals surface area contributed by atoms with Crippen molar-refractivity contribution in [3.63, 3.8) is 0 Å². The third-order valence-electron chi connectivity index (χ3n) is 1.59. The van der Waals surface area contributed by atoms with E-state index in [2.05, 4.69) is 5.32 Å². The van der Waals surface area contributed by atoms with Crippen LogP contribution in [0, 0.1) is 0 Å². The lowest BCUT2D eigenvalue weighted by atomic mass is 10.2. The van der Waals surface area contributed by atoms with Crippen molar-refractivity contribution in [2.24, 2.45) is 0 Å². The van der Waals surface area contributed by atoms with Crippen molar-refractivity contribution in [1.29, 1.82) is 0 Å². The van der Waals surface area contributed by atoms with Gasteiger partial charge in [-0.1, -0.05) is 6.92 Å². The Hall–Kier alpha value is -1.06. The van der Waals surface area contributed by atoms with Crippen molar-refractivity contribution in [2.45, 2.75) is 39.2 Å². The van der Waals surface area contributed by atoms with Crippen LogP contribution in [0.5, 0.6) is 0 Å². The van der Waals surface area contributed by atoms with Crippen LogP contribution < -0.4 is 5.32 Å². The maximum Gasteiger partial charge on any atom is 0.303 e. The third-order valence-corrected chi connectivity index (χ3v) is 1.59. The molecule has 0 saturated carbocycles. The van der Waals surface area contributed by atoms with Crippen molar-refractivity contribution < 1.29 is 14.7 Å². The maximum absolute atomic E-state index is 10.9. The Balaban J connectivity index is 3.53. The van der Waals surface area contributed by atoms with Crippen LogP contribution in [0.4, 0.5) is 0 Å². The van der Waals surface area contributed by atoms with Crippen LogP contribution in [0.2, 0.25) is 0 Å². The normalized spacial score (nSPS) is 12.2. The van der Waals surface area contributed by atoms with E-state index in [0.29, 0.717) is 0 Å². The van der Waals surface area contributed by atoms with E-state index in [-0.39, 0.29) is 24.8 Å². The van der Waals surface area contributed by atoms with E-state index in [4.69, 9.17) is 5.11 Å². The maximum atomic E-state index is 10.9. The summed E-state index contributed by atoms with van der Waals surface area (Å²) in [5.41, 5.74) is 0. The summed E-state index contributed by atoms with van der Waals surface area (Å²) in [6.45, 7) is 3.85. The average molecular weight is 173 g/mol. The zero-order chi connectivity index (χ0) is 9.56. The number of carbonyl (C=O) groups is 2. The minimum Gasteiger partial charge on any atom is -0.481 e. The topological polar surface area (TPSA) is 66.4 Å². The Kier molecular flexibility index (Phi) is 5.08. The number of carboxylic acids is 1. The molecule has 1 unspecified atom stereocenters. The molecule has 0 aromatic rings.